The van der Waals surface area contributed by atoms with Gasteiger partial charge in [-0.3, -0.25) is 4.90 Å². The molecule has 0 aromatic carbocycles. The second-order valence-electron chi connectivity index (χ2n) is 6.08. The molecule has 19 heavy (non-hydrogen) atoms. The predicted molar refractivity (Wildman–Crippen MR) is 79.8 cm³/mol. The third-order valence-corrected chi connectivity index (χ3v) is 5.54. The molecule has 6 heteroatoms. The number of sulfonamides is 1. The maximum Gasteiger partial charge on any atom is 0.214 e. The van der Waals surface area contributed by atoms with Gasteiger partial charge in [0, 0.05) is 31.7 Å². The van der Waals surface area contributed by atoms with E-state index >= 15 is 0 Å². The van der Waals surface area contributed by atoms with E-state index in [2.05, 4.69) is 31.0 Å². The molecule has 114 valence electrons. The zero-order valence-corrected chi connectivity index (χ0v) is 13.6. The van der Waals surface area contributed by atoms with Crippen LogP contribution in [0.2, 0.25) is 0 Å². The van der Waals surface area contributed by atoms with E-state index in [1.807, 2.05) is 6.92 Å². The van der Waals surface area contributed by atoms with Gasteiger partial charge in [-0.15, -0.1) is 0 Å². The molecule has 1 rings (SSSR count). The first-order valence-electron chi connectivity index (χ1n) is 7.21. The maximum absolute atomic E-state index is 12.2. The van der Waals surface area contributed by atoms with Crippen molar-refractivity contribution in [3.63, 3.8) is 0 Å². The Morgan fingerprint density at radius 2 is 1.68 bits per heavy atom. The van der Waals surface area contributed by atoms with Crippen molar-refractivity contribution >= 4 is 10.0 Å². The van der Waals surface area contributed by atoms with Crippen molar-refractivity contribution in [3.05, 3.63) is 0 Å². The van der Waals surface area contributed by atoms with Crippen LogP contribution >= 0.6 is 0 Å². The van der Waals surface area contributed by atoms with E-state index in [0.717, 1.165) is 26.2 Å². The van der Waals surface area contributed by atoms with Gasteiger partial charge in [-0.1, -0.05) is 6.92 Å². The van der Waals surface area contributed by atoms with E-state index in [-0.39, 0.29) is 11.3 Å². The quantitative estimate of drug-likeness (QED) is 0.733. The number of nitrogens with zero attached hydrogens (tertiary/aromatic N) is 2. The standard InChI is InChI=1S/C13H29N3O2S/c1-5-14-7-6-12-19(17,18)16-10-8-15(9-11-16)13(2,3)4/h14H,5-12H2,1-4H3. The average molecular weight is 291 g/mol. The van der Waals surface area contributed by atoms with Gasteiger partial charge in [0.2, 0.25) is 10.0 Å². The molecule has 1 aliphatic heterocycles. The van der Waals surface area contributed by atoms with Crippen LogP contribution in [0, 0.1) is 0 Å². The smallest absolute Gasteiger partial charge is 0.214 e. The molecule has 0 aliphatic carbocycles. The highest BCUT2D eigenvalue weighted by atomic mass is 32.2. The molecule has 1 fully saturated rings. The SMILES string of the molecule is CCNCCCS(=O)(=O)N1CCN(C(C)(C)C)CC1. The van der Waals surface area contributed by atoms with Crippen molar-refractivity contribution in [3.8, 4) is 0 Å². The number of nitrogens with one attached hydrogen (secondary N) is 1. The van der Waals surface area contributed by atoms with Gasteiger partial charge in [0.1, 0.15) is 0 Å². The van der Waals surface area contributed by atoms with Crippen LogP contribution < -0.4 is 5.32 Å². The van der Waals surface area contributed by atoms with E-state index in [1.165, 1.54) is 0 Å². The van der Waals surface area contributed by atoms with Gasteiger partial charge >= 0.3 is 0 Å². The Morgan fingerprint density at radius 3 is 2.16 bits per heavy atom. The van der Waals surface area contributed by atoms with Crippen molar-refractivity contribution < 1.29 is 8.42 Å². The molecule has 0 radical (unpaired) electrons. The molecule has 5 nitrogen and oxygen atoms in total. The van der Waals surface area contributed by atoms with Gasteiger partial charge in [-0.25, -0.2) is 8.42 Å². The zero-order chi connectivity index (χ0) is 14.5. The zero-order valence-electron chi connectivity index (χ0n) is 12.8. The van der Waals surface area contributed by atoms with Crippen LogP contribution in [0.15, 0.2) is 0 Å². The monoisotopic (exact) mass is 291 g/mol. The molecule has 0 saturated carbocycles. The van der Waals surface area contributed by atoms with E-state index in [1.54, 1.807) is 4.31 Å². The predicted octanol–water partition coefficient (Wildman–Crippen LogP) is 0.732. The minimum atomic E-state index is -3.07. The van der Waals surface area contributed by atoms with Gasteiger partial charge in [0.15, 0.2) is 0 Å². The van der Waals surface area contributed by atoms with Crippen LogP contribution in [0.3, 0.4) is 0 Å². The fourth-order valence-corrected chi connectivity index (χ4v) is 3.81. The van der Waals surface area contributed by atoms with E-state index in [4.69, 9.17) is 0 Å². The highest BCUT2D eigenvalue weighted by Crippen LogP contribution is 2.17. The van der Waals surface area contributed by atoms with Crippen molar-refractivity contribution in [2.75, 3.05) is 45.0 Å². The summed E-state index contributed by atoms with van der Waals surface area (Å²) in [6.07, 6.45) is 0.690. The van der Waals surface area contributed by atoms with Crippen molar-refractivity contribution in [2.45, 2.75) is 39.7 Å². The largest absolute Gasteiger partial charge is 0.317 e. The van der Waals surface area contributed by atoms with E-state index in [9.17, 15) is 8.42 Å². The van der Waals surface area contributed by atoms with Crippen LogP contribution in [0.1, 0.15) is 34.1 Å². The summed E-state index contributed by atoms with van der Waals surface area (Å²) in [4.78, 5) is 2.34. The first-order chi connectivity index (χ1) is 8.77. The molecule has 0 unspecified atom stereocenters. The third-order valence-electron chi connectivity index (χ3n) is 3.59. The van der Waals surface area contributed by atoms with Crippen LogP contribution in [0.5, 0.6) is 0 Å². The Balaban J connectivity index is 2.41. The summed E-state index contributed by atoms with van der Waals surface area (Å²) in [7, 11) is -3.07. The Hall–Kier alpha value is -0.170. The summed E-state index contributed by atoms with van der Waals surface area (Å²) in [5.74, 6) is 0.259. The fraction of sp³-hybridized carbons (Fsp3) is 1.00. The second kappa shape index (κ2) is 7.02. The van der Waals surface area contributed by atoms with Gasteiger partial charge in [-0.05, 0) is 40.3 Å². The van der Waals surface area contributed by atoms with E-state index in [0.29, 0.717) is 19.5 Å². The molecule has 0 spiro atoms. The average Bonchev–Trinajstić information content (AvgIpc) is 2.34. The van der Waals surface area contributed by atoms with Crippen LogP contribution in [-0.2, 0) is 10.0 Å². The van der Waals surface area contributed by atoms with Gasteiger partial charge in [-0.2, -0.15) is 4.31 Å². The van der Waals surface area contributed by atoms with Gasteiger partial charge in [0.25, 0.3) is 0 Å². The van der Waals surface area contributed by atoms with Gasteiger partial charge < -0.3 is 5.32 Å². The van der Waals surface area contributed by atoms with Crippen molar-refractivity contribution in [1.82, 2.24) is 14.5 Å². The topological polar surface area (TPSA) is 52.7 Å². The molecule has 1 aliphatic rings. The van der Waals surface area contributed by atoms with Crippen molar-refractivity contribution in [1.29, 1.82) is 0 Å². The lowest BCUT2D eigenvalue weighted by atomic mass is 10.1. The molecule has 0 amide bonds. The summed E-state index contributed by atoms with van der Waals surface area (Å²) < 4.78 is 26.0. The van der Waals surface area contributed by atoms with Gasteiger partial charge in [0.05, 0.1) is 5.75 Å². The number of hydrogen-bond donors (Lipinski definition) is 1. The molecule has 0 atom stereocenters. The lowest BCUT2D eigenvalue weighted by Gasteiger charge is -2.41. The molecule has 0 bridgehead atoms. The summed E-state index contributed by atoms with van der Waals surface area (Å²) in [6, 6.07) is 0. The highest BCUT2D eigenvalue weighted by molar-refractivity contribution is 7.89. The second-order valence-corrected chi connectivity index (χ2v) is 8.17. The number of piperazine rings is 1. The maximum atomic E-state index is 12.2. The van der Waals surface area contributed by atoms with Crippen LogP contribution in [0.25, 0.3) is 0 Å². The third kappa shape index (κ3) is 5.38. The van der Waals surface area contributed by atoms with Crippen LogP contribution in [-0.4, -0.2) is 68.2 Å². The molecular formula is C13H29N3O2S. The first kappa shape index (κ1) is 16.9. The Morgan fingerprint density at radius 1 is 1.11 bits per heavy atom. The lowest BCUT2D eigenvalue weighted by molar-refractivity contribution is 0.0922. The summed E-state index contributed by atoms with van der Waals surface area (Å²) in [5.41, 5.74) is 0.126. The first-order valence-corrected chi connectivity index (χ1v) is 8.82. The summed E-state index contributed by atoms with van der Waals surface area (Å²) >= 11 is 0. The minimum absolute atomic E-state index is 0.126. The van der Waals surface area contributed by atoms with Crippen LogP contribution in [0.4, 0.5) is 0 Å². The molecule has 0 aromatic heterocycles. The highest BCUT2D eigenvalue weighted by Gasteiger charge is 2.30. The number of rotatable bonds is 6. The summed E-state index contributed by atoms with van der Waals surface area (Å²) in [6.45, 7) is 13.1. The molecular weight excluding hydrogens is 262 g/mol. The molecule has 1 heterocycles. The Kier molecular flexibility index (Phi) is 6.23. The minimum Gasteiger partial charge on any atom is -0.317 e. The normalized spacial score (nSPS) is 19.8. The van der Waals surface area contributed by atoms with Crippen molar-refractivity contribution in [2.24, 2.45) is 0 Å². The summed E-state index contributed by atoms with van der Waals surface area (Å²) in [5, 5.41) is 3.16. The molecule has 1 saturated heterocycles. The van der Waals surface area contributed by atoms with E-state index < -0.39 is 10.0 Å². The molecule has 1 N–H and O–H groups in total. The Bertz CT molecular complexity index is 355. The lowest BCUT2D eigenvalue weighted by Crippen LogP contribution is -2.54. The number of hydrogen-bond acceptors (Lipinski definition) is 4. The Labute approximate surface area is 118 Å². The fourth-order valence-electron chi connectivity index (χ4n) is 2.32. The molecule has 0 aromatic rings.